The zero-order valence-corrected chi connectivity index (χ0v) is 13.8. The van der Waals surface area contributed by atoms with Gasteiger partial charge in [-0.15, -0.1) is 0 Å². The normalized spacial score (nSPS) is 21.0. The van der Waals surface area contributed by atoms with Gasteiger partial charge < -0.3 is 20.1 Å². The van der Waals surface area contributed by atoms with E-state index in [1.54, 1.807) is 0 Å². The molecule has 126 valence electrons. The van der Waals surface area contributed by atoms with Crippen molar-refractivity contribution in [2.24, 2.45) is 5.92 Å². The van der Waals surface area contributed by atoms with Gasteiger partial charge in [-0.25, -0.2) is 0 Å². The van der Waals surface area contributed by atoms with Crippen LogP contribution in [0.3, 0.4) is 0 Å². The Balaban J connectivity index is 1.50. The van der Waals surface area contributed by atoms with Gasteiger partial charge in [0.2, 0.25) is 5.91 Å². The Morgan fingerprint density at radius 3 is 3.04 bits per heavy atom. The van der Waals surface area contributed by atoms with Gasteiger partial charge in [-0.1, -0.05) is 12.1 Å². The molecular weight excluding hydrogens is 292 g/mol. The van der Waals surface area contributed by atoms with Crippen molar-refractivity contribution in [2.75, 3.05) is 26.4 Å². The van der Waals surface area contributed by atoms with Crippen LogP contribution in [-0.4, -0.2) is 38.3 Å². The fourth-order valence-electron chi connectivity index (χ4n) is 2.67. The molecule has 1 aliphatic carbocycles. The molecule has 1 saturated carbocycles. The molecule has 1 saturated heterocycles. The summed E-state index contributed by atoms with van der Waals surface area (Å²) in [4.78, 5) is 12.1. The summed E-state index contributed by atoms with van der Waals surface area (Å²) in [6.07, 6.45) is 2.99. The fourth-order valence-corrected chi connectivity index (χ4v) is 2.67. The summed E-state index contributed by atoms with van der Waals surface area (Å²) in [5, 5.41) is 6.29. The SMILES string of the molecule is Cc1ccc(CNC(=O)CC2COCCN2)c(OCC2CC2)c1. The Morgan fingerprint density at radius 1 is 1.43 bits per heavy atom. The van der Waals surface area contributed by atoms with Gasteiger partial charge in [-0.2, -0.15) is 0 Å². The third-order valence-corrected chi connectivity index (χ3v) is 4.30. The quantitative estimate of drug-likeness (QED) is 0.804. The van der Waals surface area contributed by atoms with Crippen molar-refractivity contribution in [3.05, 3.63) is 29.3 Å². The van der Waals surface area contributed by atoms with Gasteiger partial charge in [0.15, 0.2) is 0 Å². The minimum atomic E-state index is 0.0433. The maximum Gasteiger partial charge on any atom is 0.221 e. The molecule has 23 heavy (non-hydrogen) atoms. The molecule has 1 aromatic rings. The van der Waals surface area contributed by atoms with Crippen LogP contribution in [0.2, 0.25) is 0 Å². The standard InChI is InChI=1S/C18H26N2O3/c1-13-2-5-15(17(8-13)23-11-14-3-4-14)10-20-18(21)9-16-12-22-7-6-19-16/h2,5,8,14,16,19H,3-4,6-7,9-12H2,1H3,(H,20,21). The van der Waals surface area contributed by atoms with E-state index in [2.05, 4.69) is 29.7 Å². The fraction of sp³-hybridized carbons (Fsp3) is 0.611. The van der Waals surface area contributed by atoms with E-state index in [9.17, 15) is 4.79 Å². The van der Waals surface area contributed by atoms with Crippen LogP contribution in [0.1, 0.15) is 30.4 Å². The summed E-state index contributed by atoms with van der Waals surface area (Å²) in [5.74, 6) is 1.66. The minimum absolute atomic E-state index is 0.0433. The van der Waals surface area contributed by atoms with Crippen LogP contribution in [0, 0.1) is 12.8 Å². The molecular formula is C18H26N2O3. The molecule has 3 rings (SSSR count). The molecule has 2 fully saturated rings. The van der Waals surface area contributed by atoms with Crippen LogP contribution in [0.25, 0.3) is 0 Å². The lowest BCUT2D eigenvalue weighted by atomic mass is 10.1. The number of amides is 1. The van der Waals surface area contributed by atoms with E-state index in [0.717, 1.165) is 37.0 Å². The maximum absolute atomic E-state index is 12.1. The summed E-state index contributed by atoms with van der Waals surface area (Å²) in [6.45, 7) is 5.49. The Labute approximate surface area is 137 Å². The predicted octanol–water partition coefficient (Wildman–Crippen LogP) is 1.78. The van der Waals surface area contributed by atoms with Crippen molar-refractivity contribution in [1.82, 2.24) is 10.6 Å². The molecule has 2 aliphatic rings. The van der Waals surface area contributed by atoms with Gasteiger partial charge in [-0.05, 0) is 37.3 Å². The number of benzene rings is 1. The van der Waals surface area contributed by atoms with Crippen molar-refractivity contribution in [3.63, 3.8) is 0 Å². The Morgan fingerprint density at radius 2 is 2.30 bits per heavy atom. The Kier molecular flexibility index (Phi) is 5.51. The van der Waals surface area contributed by atoms with E-state index >= 15 is 0 Å². The molecule has 1 heterocycles. The van der Waals surface area contributed by atoms with Crippen molar-refractivity contribution < 1.29 is 14.3 Å². The van der Waals surface area contributed by atoms with Crippen LogP contribution >= 0.6 is 0 Å². The van der Waals surface area contributed by atoms with E-state index in [1.807, 2.05) is 6.07 Å². The van der Waals surface area contributed by atoms with Crippen LogP contribution in [0.5, 0.6) is 5.75 Å². The number of morpholine rings is 1. The number of carbonyl (C=O) groups excluding carboxylic acids is 1. The second-order valence-electron chi connectivity index (χ2n) is 6.57. The van der Waals surface area contributed by atoms with Crippen molar-refractivity contribution in [2.45, 2.75) is 38.8 Å². The zero-order chi connectivity index (χ0) is 16.1. The first-order chi connectivity index (χ1) is 11.2. The van der Waals surface area contributed by atoms with Gasteiger partial charge in [0, 0.05) is 31.1 Å². The van der Waals surface area contributed by atoms with Gasteiger partial charge in [0.05, 0.1) is 19.8 Å². The molecule has 5 heteroatoms. The van der Waals surface area contributed by atoms with Gasteiger partial charge in [0.25, 0.3) is 0 Å². The third kappa shape index (κ3) is 5.22. The number of hydrogen-bond acceptors (Lipinski definition) is 4. The molecule has 1 aromatic carbocycles. The molecule has 0 radical (unpaired) electrons. The number of carbonyl (C=O) groups is 1. The van der Waals surface area contributed by atoms with E-state index in [0.29, 0.717) is 19.6 Å². The van der Waals surface area contributed by atoms with Gasteiger partial charge >= 0.3 is 0 Å². The smallest absolute Gasteiger partial charge is 0.221 e. The largest absolute Gasteiger partial charge is 0.493 e. The molecule has 0 aromatic heterocycles. The Bertz CT molecular complexity index is 537. The number of hydrogen-bond donors (Lipinski definition) is 2. The lowest BCUT2D eigenvalue weighted by Crippen LogP contribution is -2.44. The molecule has 2 N–H and O–H groups in total. The van der Waals surface area contributed by atoms with Gasteiger partial charge in [-0.3, -0.25) is 4.79 Å². The highest BCUT2D eigenvalue weighted by molar-refractivity contribution is 5.76. The molecule has 1 unspecified atom stereocenters. The van der Waals surface area contributed by atoms with Crippen molar-refractivity contribution >= 4 is 5.91 Å². The molecule has 0 bridgehead atoms. The number of ether oxygens (including phenoxy) is 2. The van der Waals surface area contributed by atoms with Crippen LogP contribution < -0.4 is 15.4 Å². The first-order valence-corrected chi connectivity index (χ1v) is 8.51. The van der Waals surface area contributed by atoms with E-state index in [4.69, 9.17) is 9.47 Å². The zero-order valence-electron chi connectivity index (χ0n) is 13.8. The average molecular weight is 318 g/mol. The first-order valence-electron chi connectivity index (χ1n) is 8.51. The lowest BCUT2D eigenvalue weighted by molar-refractivity contribution is -0.122. The minimum Gasteiger partial charge on any atom is -0.493 e. The van der Waals surface area contributed by atoms with Crippen molar-refractivity contribution in [1.29, 1.82) is 0 Å². The molecule has 1 atom stereocenters. The second-order valence-corrected chi connectivity index (χ2v) is 6.57. The number of aryl methyl sites for hydroxylation is 1. The molecule has 0 spiro atoms. The van der Waals surface area contributed by atoms with Crippen LogP contribution in [0.4, 0.5) is 0 Å². The summed E-state index contributed by atoms with van der Waals surface area (Å²) in [5.41, 5.74) is 2.21. The third-order valence-electron chi connectivity index (χ3n) is 4.30. The summed E-state index contributed by atoms with van der Waals surface area (Å²) >= 11 is 0. The van der Waals surface area contributed by atoms with E-state index in [1.165, 1.54) is 18.4 Å². The first kappa shape index (κ1) is 16.3. The monoisotopic (exact) mass is 318 g/mol. The Hall–Kier alpha value is -1.59. The second kappa shape index (κ2) is 7.79. The summed E-state index contributed by atoms with van der Waals surface area (Å²) in [6, 6.07) is 6.27. The number of nitrogens with one attached hydrogen (secondary N) is 2. The van der Waals surface area contributed by atoms with Crippen LogP contribution in [0.15, 0.2) is 18.2 Å². The van der Waals surface area contributed by atoms with E-state index in [-0.39, 0.29) is 11.9 Å². The highest BCUT2D eigenvalue weighted by atomic mass is 16.5. The average Bonchev–Trinajstić information content (AvgIpc) is 3.37. The predicted molar refractivity (Wildman–Crippen MR) is 88.5 cm³/mol. The molecule has 5 nitrogen and oxygen atoms in total. The highest BCUT2D eigenvalue weighted by Gasteiger charge is 2.22. The van der Waals surface area contributed by atoms with Crippen LogP contribution in [-0.2, 0) is 16.1 Å². The lowest BCUT2D eigenvalue weighted by Gasteiger charge is -2.23. The van der Waals surface area contributed by atoms with E-state index < -0.39 is 0 Å². The molecule has 1 aliphatic heterocycles. The van der Waals surface area contributed by atoms with Crippen molar-refractivity contribution in [3.8, 4) is 5.75 Å². The maximum atomic E-state index is 12.1. The topological polar surface area (TPSA) is 59.6 Å². The highest BCUT2D eigenvalue weighted by Crippen LogP contribution is 2.30. The number of rotatable bonds is 7. The summed E-state index contributed by atoms with van der Waals surface area (Å²) < 4.78 is 11.3. The summed E-state index contributed by atoms with van der Waals surface area (Å²) in [7, 11) is 0. The van der Waals surface area contributed by atoms with Gasteiger partial charge in [0.1, 0.15) is 5.75 Å². The molecule has 1 amide bonds.